The largest absolute Gasteiger partial charge is 0.389 e. The third-order valence-electron chi connectivity index (χ3n) is 5.52. The van der Waals surface area contributed by atoms with Crippen molar-refractivity contribution in [3.05, 3.63) is 64.8 Å². The highest BCUT2D eigenvalue weighted by atomic mass is 35.5. The summed E-state index contributed by atoms with van der Waals surface area (Å²) in [7, 11) is 0. The van der Waals surface area contributed by atoms with Crippen LogP contribution >= 0.6 is 12.4 Å². The van der Waals surface area contributed by atoms with Crippen LogP contribution in [0.5, 0.6) is 0 Å². The summed E-state index contributed by atoms with van der Waals surface area (Å²) in [4.78, 5) is 0. The highest BCUT2D eigenvalue weighted by Crippen LogP contribution is 2.33. The molecule has 1 aromatic heterocycles. The second kappa shape index (κ2) is 8.37. The molecule has 144 valence electrons. The fourth-order valence-corrected chi connectivity index (χ4v) is 4.14. The number of aryl methyl sites for hydroxylation is 3. The monoisotopic (exact) mass is 384 g/mol. The molecule has 2 aromatic carbocycles. The number of hydrogen-bond acceptors (Lipinski definition) is 2. The molecule has 1 unspecified atom stereocenters. The number of halogens is 1. The second-order valence-electron chi connectivity index (χ2n) is 7.66. The van der Waals surface area contributed by atoms with E-state index in [2.05, 4.69) is 66.2 Å². The van der Waals surface area contributed by atoms with Crippen LogP contribution in [-0.2, 0) is 19.4 Å². The van der Waals surface area contributed by atoms with Crippen LogP contribution in [0.1, 0.15) is 35.2 Å². The molecule has 0 saturated heterocycles. The Morgan fingerprint density at radius 3 is 2.48 bits per heavy atom. The first kappa shape index (κ1) is 19.8. The van der Waals surface area contributed by atoms with Crippen molar-refractivity contribution < 1.29 is 5.11 Å². The Balaban J connectivity index is 0.00000210. The molecule has 1 aliphatic carbocycles. The Labute approximate surface area is 167 Å². The first-order valence-electron chi connectivity index (χ1n) is 9.71. The van der Waals surface area contributed by atoms with Gasteiger partial charge in [-0.2, -0.15) is 0 Å². The lowest BCUT2D eigenvalue weighted by Crippen LogP contribution is -2.26. The SMILES string of the molecule is Cc1ccc(NCC(O)Cn2c3c(c4cc(C)ccc42)CCCC3)cc1.Cl. The minimum absolute atomic E-state index is 0. The average molecular weight is 385 g/mol. The first-order chi connectivity index (χ1) is 12.6. The maximum Gasteiger partial charge on any atom is 0.0891 e. The number of anilines is 1. The standard InChI is InChI=1S/C23H28N2O.ClH/c1-16-7-10-18(11-8-16)24-14-19(26)15-25-22-6-4-3-5-20(22)21-13-17(2)9-12-23(21)25;/h7-13,19,24,26H,3-6,14-15H2,1-2H3;1H. The molecule has 4 heteroatoms. The number of aromatic nitrogens is 1. The molecule has 1 heterocycles. The molecule has 2 N–H and O–H groups in total. The first-order valence-corrected chi connectivity index (χ1v) is 9.71. The average Bonchev–Trinajstić information content (AvgIpc) is 2.95. The van der Waals surface area contributed by atoms with Gasteiger partial charge in [0.15, 0.2) is 0 Å². The predicted molar refractivity (Wildman–Crippen MR) is 116 cm³/mol. The van der Waals surface area contributed by atoms with Crippen LogP contribution in [0, 0.1) is 13.8 Å². The number of fused-ring (bicyclic) bond motifs is 3. The van der Waals surface area contributed by atoms with Crippen molar-refractivity contribution >= 4 is 29.0 Å². The summed E-state index contributed by atoms with van der Waals surface area (Å²) in [5.74, 6) is 0. The normalized spacial score (nSPS) is 14.5. The van der Waals surface area contributed by atoms with Crippen LogP contribution in [0.4, 0.5) is 5.69 Å². The fourth-order valence-electron chi connectivity index (χ4n) is 4.14. The molecule has 0 bridgehead atoms. The van der Waals surface area contributed by atoms with Gasteiger partial charge in [0, 0.05) is 28.8 Å². The van der Waals surface area contributed by atoms with Crippen LogP contribution in [0.15, 0.2) is 42.5 Å². The van der Waals surface area contributed by atoms with E-state index in [1.54, 1.807) is 0 Å². The van der Waals surface area contributed by atoms with E-state index in [-0.39, 0.29) is 12.4 Å². The lowest BCUT2D eigenvalue weighted by atomic mass is 9.95. The lowest BCUT2D eigenvalue weighted by Gasteiger charge is -2.19. The Morgan fingerprint density at radius 1 is 1.00 bits per heavy atom. The van der Waals surface area contributed by atoms with E-state index < -0.39 is 6.10 Å². The molecule has 4 rings (SSSR count). The third-order valence-corrected chi connectivity index (χ3v) is 5.52. The van der Waals surface area contributed by atoms with Crippen molar-refractivity contribution in [2.75, 3.05) is 11.9 Å². The minimum atomic E-state index is -0.417. The van der Waals surface area contributed by atoms with E-state index >= 15 is 0 Å². The van der Waals surface area contributed by atoms with Gasteiger partial charge in [0.05, 0.1) is 12.6 Å². The Bertz CT molecular complexity index is 914. The van der Waals surface area contributed by atoms with Gasteiger partial charge in [0.1, 0.15) is 0 Å². The number of nitrogens with one attached hydrogen (secondary N) is 1. The Hall–Kier alpha value is -1.97. The van der Waals surface area contributed by atoms with Crippen LogP contribution in [-0.4, -0.2) is 22.3 Å². The van der Waals surface area contributed by atoms with Crippen molar-refractivity contribution in [3.8, 4) is 0 Å². The lowest BCUT2D eigenvalue weighted by molar-refractivity contribution is 0.167. The Kier molecular flexibility index (Phi) is 6.13. The number of rotatable bonds is 5. The molecule has 1 atom stereocenters. The highest BCUT2D eigenvalue weighted by molar-refractivity contribution is 5.86. The van der Waals surface area contributed by atoms with Gasteiger partial charge in [0.2, 0.25) is 0 Å². The molecule has 3 nitrogen and oxygen atoms in total. The molecule has 3 aromatic rings. The summed E-state index contributed by atoms with van der Waals surface area (Å²) in [5.41, 5.74) is 7.84. The summed E-state index contributed by atoms with van der Waals surface area (Å²) in [5, 5.41) is 15.4. The predicted octanol–water partition coefficient (Wildman–Crippen LogP) is 5.03. The number of aliphatic hydroxyl groups is 1. The van der Waals surface area contributed by atoms with Gasteiger partial charge in [-0.05, 0) is 69.4 Å². The van der Waals surface area contributed by atoms with Gasteiger partial charge in [-0.1, -0.05) is 29.3 Å². The molecule has 0 saturated carbocycles. The zero-order chi connectivity index (χ0) is 18.1. The van der Waals surface area contributed by atoms with E-state index in [1.807, 2.05) is 0 Å². The topological polar surface area (TPSA) is 37.2 Å². The van der Waals surface area contributed by atoms with Crippen LogP contribution in [0.25, 0.3) is 10.9 Å². The van der Waals surface area contributed by atoms with Crippen molar-refractivity contribution in [2.24, 2.45) is 0 Å². The maximum absolute atomic E-state index is 10.7. The smallest absolute Gasteiger partial charge is 0.0891 e. The summed E-state index contributed by atoms with van der Waals surface area (Å²) in [6, 6.07) is 15.0. The number of hydrogen-bond donors (Lipinski definition) is 2. The van der Waals surface area contributed by atoms with Crippen molar-refractivity contribution in [2.45, 2.75) is 52.2 Å². The fraction of sp³-hybridized carbons (Fsp3) is 0.391. The molecular formula is C23H29ClN2O. The number of benzene rings is 2. The van der Waals surface area contributed by atoms with Gasteiger partial charge >= 0.3 is 0 Å². The molecule has 0 aliphatic heterocycles. The number of aliphatic hydroxyl groups excluding tert-OH is 1. The van der Waals surface area contributed by atoms with Gasteiger partial charge in [-0.3, -0.25) is 0 Å². The third kappa shape index (κ3) is 4.15. The maximum atomic E-state index is 10.7. The molecule has 0 spiro atoms. The quantitative estimate of drug-likeness (QED) is 0.647. The summed E-state index contributed by atoms with van der Waals surface area (Å²) in [6.07, 6.45) is 4.40. The van der Waals surface area contributed by atoms with Gasteiger partial charge in [-0.15, -0.1) is 12.4 Å². The van der Waals surface area contributed by atoms with Gasteiger partial charge < -0.3 is 15.0 Å². The Morgan fingerprint density at radius 2 is 1.70 bits per heavy atom. The molecular weight excluding hydrogens is 356 g/mol. The van der Waals surface area contributed by atoms with E-state index in [0.717, 1.165) is 12.1 Å². The number of nitrogens with zero attached hydrogens (tertiary/aromatic N) is 1. The second-order valence-corrected chi connectivity index (χ2v) is 7.66. The van der Waals surface area contributed by atoms with Crippen LogP contribution in [0.2, 0.25) is 0 Å². The zero-order valence-electron chi connectivity index (χ0n) is 16.2. The van der Waals surface area contributed by atoms with Gasteiger partial charge in [0.25, 0.3) is 0 Å². The minimum Gasteiger partial charge on any atom is -0.389 e. The summed E-state index contributed by atoms with van der Waals surface area (Å²) >= 11 is 0. The van der Waals surface area contributed by atoms with Crippen LogP contribution in [0.3, 0.4) is 0 Å². The van der Waals surface area contributed by atoms with E-state index in [9.17, 15) is 5.11 Å². The van der Waals surface area contributed by atoms with Crippen molar-refractivity contribution in [3.63, 3.8) is 0 Å². The van der Waals surface area contributed by atoms with E-state index in [1.165, 1.54) is 52.5 Å². The van der Waals surface area contributed by atoms with Gasteiger partial charge in [-0.25, -0.2) is 0 Å². The molecule has 1 aliphatic rings. The highest BCUT2D eigenvalue weighted by Gasteiger charge is 2.21. The van der Waals surface area contributed by atoms with Crippen molar-refractivity contribution in [1.29, 1.82) is 0 Å². The van der Waals surface area contributed by atoms with E-state index in [0.29, 0.717) is 13.1 Å². The molecule has 27 heavy (non-hydrogen) atoms. The van der Waals surface area contributed by atoms with E-state index in [4.69, 9.17) is 0 Å². The van der Waals surface area contributed by atoms with Crippen LogP contribution < -0.4 is 5.32 Å². The summed E-state index contributed by atoms with van der Waals surface area (Å²) in [6.45, 7) is 5.45. The summed E-state index contributed by atoms with van der Waals surface area (Å²) < 4.78 is 2.37. The molecule has 0 fully saturated rings. The molecule has 0 radical (unpaired) electrons. The zero-order valence-corrected chi connectivity index (χ0v) is 17.0. The van der Waals surface area contributed by atoms with Crippen molar-refractivity contribution in [1.82, 2.24) is 4.57 Å². The molecule has 0 amide bonds.